The summed E-state index contributed by atoms with van der Waals surface area (Å²) in [4.78, 5) is 23.6. The van der Waals surface area contributed by atoms with Gasteiger partial charge in [-0.3, -0.25) is 4.79 Å². The van der Waals surface area contributed by atoms with Crippen molar-refractivity contribution in [3.63, 3.8) is 0 Å². The number of ether oxygens (including phenoxy) is 1. The van der Waals surface area contributed by atoms with Gasteiger partial charge in [0.2, 0.25) is 0 Å². The van der Waals surface area contributed by atoms with Gasteiger partial charge in [0, 0.05) is 11.3 Å². The van der Waals surface area contributed by atoms with Crippen molar-refractivity contribution in [3.05, 3.63) is 65.2 Å². The van der Waals surface area contributed by atoms with E-state index in [4.69, 9.17) is 0 Å². The van der Waals surface area contributed by atoms with Crippen LogP contribution in [0.15, 0.2) is 48.5 Å². The Balaban J connectivity index is 2.08. The summed E-state index contributed by atoms with van der Waals surface area (Å²) in [7, 11) is 1.32. The van der Waals surface area contributed by atoms with Crippen molar-refractivity contribution in [3.8, 4) is 0 Å². The lowest BCUT2D eigenvalue weighted by Crippen LogP contribution is -2.14. The van der Waals surface area contributed by atoms with E-state index in [-0.39, 0.29) is 11.3 Å². The molecule has 1 amide bonds. The minimum atomic E-state index is -0.422. The minimum Gasteiger partial charge on any atom is -0.465 e. The van der Waals surface area contributed by atoms with Gasteiger partial charge in [0.25, 0.3) is 5.91 Å². The van der Waals surface area contributed by atoms with Crippen LogP contribution in [-0.4, -0.2) is 19.0 Å². The smallest absolute Gasteiger partial charge is 0.337 e. The first-order chi connectivity index (χ1) is 10.8. The average molecular weight is 311 g/mol. The third-order valence-corrected chi connectivity index (χ3v) is 3.58. The maximum absolute atomic E-state index is 12.2. The van der Waals surface area contributed by atoms with Gasteiger partial charge in [-0.05, 0) is 47.4 Å². The quantitative estimate of drug-likeness (QED) is 0.871. The van der Waals surface area contributed by atoms with Crippen molar-refractivity contribution in [2.75, 3.05) is 12.4 Å². The highest BCUT2D eigenvalue weighted by molar-refractivity contribution is 6.04. The number of methoxy groups -OCH3 is 1. The first-order valence-corrected chi connectivity index (χ1v) is 7.41. The van der Waals surface area contributed by atoms with Crippen LogP contribution >= 0.6 is 0 Å². The molecule has 120 valence electrons. The molecule has 0 atom stereocenters. The summed E-state index contributed by atoms with van der Waals surface area (Å²) < 4.78 is 4.63. The molecule has 0 saturated heterocycles. The molecule has 2 aromatic carbocycles. The Bertz CT molecular complexity index is 695. The van der Waals surface area contributed by atoms with Gasteiger partial charge in [0.15, 0.2) is 0 Å². The summed E-state index contributed by atoms with van der Waals surface area (Å²) in [5, 5.41) is 2.84. The predicted molar refractivity (Wildman–Crippen MR) is 90.9 cm³/mol. The molecule has 0 aliphatic carbocycles. The van der Waals surface area contributed by atoms with Gasteiger partial charge in [-0.1, -0.05) is 32.9 Å². The lowest BCUT2D eigenvalue weighted by molar-refractivity contribution is 0.0600. The lowest BCUT2D eigenvalue weighted by atomic mass is 9.87. The number of hydrogen-bond donors (Lipinski definition) is 1. The van der Waals surface area contributed by atoms with Crippen molar-refractivity contribution in [2.45, 2.75) is 26.2 Å². The minimum absolute atomic E-state index is 0.0757. The highest BCUT2D eigenvalue weighted by Crippen LogP contribution is 2.23. The van der Waals surface area contributed by atoms with Crippen molar-refractivity contribution in [2.24, 2.45) is 0 Å². The third kappa shape index (κ3) is 4.19. The molecule has 4 nitrogen and oxygen atoms in total. The van der Waals surface area contributed by atoms with Crippen LogP contribution in [0.3, 0.4) is 0 Å². The van der Waals surface area contributed by atoms with Gasteiger partial charge in [-0.2, -0.15) is 0 Å². The molecule has 0 radical (unpaired) electrons. The first-order valence-electron chi connectivity index (χ1n) is 7.41. The molecule has 0 aliphatic rings. The number of anilines is 1. The fraction of sp³-hybridized carbons (Fsp3) is 0.263. The zero-order chi connectivity index (χ0) is 17.0. The first kappa shape index (κ1) is 16.7. The maximum Gasteiger partial charge on any atom is 0.337 e. The van der Waals surface area contributed by atoms with Crippen LogP contribution in [0.2, 0.25) is 0 Å². The van der Waals surface area contributed by atoms with Gasteiger partial charge < -0.3 is 10.1 Å². The van der Waals surface area contributed by atoms with Crippen LogP contribution in [0.25, 0.3) is 0 Å². The van der Waals surface area contributed by atoms with E-state index in [1.807, 2.05) is 24.3 Å². The van der Waals surface area contributed by atoms with Crippen molar-refractivity contribution >= 4 is 17.6 Å². The molecule has 4 heteroatoms. The highest BCUT2D eigenvalue weighted by Gasteiger charge is 2.13. The van der Waals surface area contributed by atoms with Gasteiger partial charge in [-0.15, -0.1) is 0 Å². The largest absolute Gasteiger partial charge is 0.465 e. The summed E-state index contributed by atoms with van der Waals surface area (Å²) in [5.41, 5.74) is 2.92. The molecular formula is C19H21NO3. The van der Waals surface area contributed by atoms with Gasteiger partial charge in [0.1, 0.15) is 0 Å². The molecule has 23 heavy (non-hydrogen) atoms. The lowest BCUT2D eigenvalue weighted by Gasteiger charge is -2.19. The van der Waals surface area contributed by atoms with E-state index in [0.29, 0.717) is 11.1 Å². The number of amides is 1. The number of rotatable bonds is 3. The summed E-state index contributed by atoms with van der Waals surface area (Å²) in [6, 6.07) is 14.2. The van der Waals surface area contributed by atoms with Crippen LogP contribution in [0.4, 0.5) is 5.69 Å². The number of carbonyl (C=O) groups excluding carboxylic acids is 2. The van der Waals surface area contributed by atoms with E-state index in [1.165, 1.54) is 12.7 Å². The van der Waals surface area contributed by atoms with E-state index in [9.17, 15) is 9.59 Å². The zero-order valence-electron chi connectivity index (χ0n) is 13.8. The van der Waals surface area contributed by atoms with Crippen LogP contribution in [0.5, 0.6) is 0 Å². The predicted octanol–water partition coefficient (Wildman–Crippen LogP) is 4.02. The Kier molecular flexibility index (Phi) is 4.84. The molecule has 2 aromatic rings. The molecule has 0 aliphatic heterocycles. The SMILES string of the molecule is COC(=O)c1ccc(C(=O)Nc2ccc(C(C)(C)C)cc2)cc1. The molecule has 1 N–H and O–H groups in total. The summed E-state index contributed by atoms with van der Waals surface area (Å²) in [6.07, 6.45) is 0. The Morgan fingerprint density at radius 3 is 1.87 bits per heavy atom. The number of benzene rings is 2. The highest BCUT2D eigenvalue weighted by atomic mass is 16.5. The fourth-order valence-electron chi connectivity index (χ4n) is 2.13. The molecule has 0 saturated carbocycles. The van der Waals surface area contributed by atoms with Crippen LogP contribution in [0, 0.1) is 0 Å². The number of carbonyl (C=O) groups is 2. The zero-order valence-corrected chi connectivity index (χ0v) is 13.8. The Morgan fingerprint density at radius 2 is 1.39 bits per heavy atom. The maximum atomic E-state index is 12.2. The Hall–Kier alpha value is -2.62. The normalized spacial score (nSPS) is 11.0. The Labute approximate surface area is 136 Å². The van der Waals surface area contributed by atoms with E-state index in [2.05, 4.69) is 30.8 Å². The van der Waals surface area contributed by atoms with Crippen molar-refractivity contribution < 1.29 is 14.3 Å². The number of hydrogen-bond acceptors (Lipinski definition) is 3. The molecule has 0 aromatic heterocycles. The van der Waals surface area contributed by atoms with Gasteiger partial charge in [-0.25, -0.2) is 4.79 Å². The molecular weight excluding hydrogens is 290 g/mol. The van der Waals surface area contributed by atoms with Crippen molar-refractivity contribution in [1.29, 1.82) is 0 Å². The number of nitrogens with one attached hydrogen (secondary N) is 1. The monoisotopic (exact) mass is 311 g/mol. The number of esters is 1. The van der Waals surface area contributed by atoms with Crippen LogP contribution < -0.4 is 5.32 Å². The second kappa shape index (κ2) is 6.65. The van der Waals surface area contributed by atoms with E-state index < -0.39 is 5.97 Å². The van der Waals surface area contributed by atoms with Crippen LogP contribution in [-0.2, 0) is 10.2 Å². The van der Waals surface area contributed by atoms with Crippen LogP contribution in [0.1, 0.15) is 47.1 Å². The molecule has 0 bridgehead atoms. The Morgan fingerprint density at radius 1 is 0.870 bits per heavy atom. The van der Waals surface area contributed by atoms with E-state index in [0.717, 1.165) is 5.69 Å². The van der Waals surface area contributed by atoms with E-state index >= 15 is 0 Å². The molecule has 2 rings (SSSR count). The standard InChI is InChI=1S/C19H21NO3/c1-19(2,3)15-9-11-16(12-10-15)20-17(21)13-5-7-14(8-6-13)18(22)23-4/h5-12H,1-4H3,(H,20,21). The van der Waals surface area contributed by atoms with Crippen molar-refractivity contribution in [1.82, 2.24) is 0 Å². The fourth-order valence-corrected chi connectivity index (χ4v) is 2.13. The molecule has 0 heterocycles. The molecule has 0 fully saturated rings. The van der Waals surface area contributed by atoms with E-state index in [1.54, 1.807) is 24.3 Å². The third-order valence-electron chi connectivity index (χ3n) is 3.58. The van der Waals surface area contributed by atoms with Gasteiger partial charge >= 0.3 is 5.97 Å². The summed E-state index contributed by atoms with van der Waals surface area (Å²) in [6.45, 7) is 6.43. The molecule has 0 spiro atoms. The summed E-state index contributed by atoms with van der Waals surface area (Å²) in [5.74, 6) is -0.639. The topological polar surface area (TPSA) is 55.4 Å². The molecule has 0 unspecified atom stereocenters. The second-order valence-electron chi connectivity index (χ2n) is 6.35. The van der Waals surface area contributed by atoms with Gasteiger partial charge in [0.05, 0.1) is 12.7 Å². The summed E-state index contributed by atoms with van der Waals surface area (Å²) >= 11 is 0. The average Bonchev–Trinajstić information content (AvgIpc) is 2.54. The second-order valence-corrected chi connectivity index (χ2v) is 6.35.